The molecule has 0 unspecified atom stereocenters. The smallest absolute Gasteiger partial charge is 0.255 e. The molecule has 0 spiro atoms. The van der Waals surface area contributed by atoms with Crippen LogP contribution in [0.1, 0.15) is 56.1 Å². The molecule has 0 saturated heterocycles. The predicted molar refractivity (Wildman–Crippen MR) is 169 cm³/mol. The topological polar surface area (TPSA) is 120 Å². The fourth-order valence-corrected chi connectivity index (χ4v) is 5.99. The Balaban J connectivity index is 1.27. The Bertz CT molecular complexity index is 2190. The zero-order valence-corrected chi connectivity index (χ0v) is 25.0. The Labute approximate surface area is 262 Å². The van der Waals surface area contributed by atoms with Crippen LogP contribution in [0.15, 0.2) is 83.5 Å². The van der Waals surface area contributed by atoms with E-state index in [2.05, 4.69) is 10.3 Å². The summed E-state index contributed by atoms with van der Waals surface area (Å²) in [7, 11) is 1.47. The van der Waals surface area contributed by atoms with Gasteiger partial charge >= 0.3 is 0 Å². The molecule has 0 aliphatic heterocycles. The summed E-state index contributed by atoms with van der Waals surface area (Å²) in [5.41, 5.74) is 8.73. The lowest BCUT2D eigenvalue weighted by atomic mass is 9.94. The number of furan rings is 1. The summed E-state index contributed by atoms with van der Waals surface area (Å²) in [5, 5.41) is 4.03. The fourth-order valence-electron chi connectivity index (χ4n) is 5.99. The number of primary amides is 1. The second-order valence-electron chi connectivity index (χ2n) is 11.5. The molecule has 1 saturated carbocycles. The van der Waals surface area contributed by atoms with Crippen LogP contribution < -0.4 is 15.8 Å². The van der Waals surface area contributed by atoms with Crippen LogP contribution in [0, 0.1) is 18.6 Å². The van der Waals surface area contributed by atoms with Crippen molar-refractivity contribution in [2.24, 2.45) is 5.73 Å². The summed E-state index contributed by atoms with van der Waals surface area (Å²) in [5.74, 6) is -1.87. The number of carbonyl (C=O) groups is 2. The number of aromatic nitrogens is 2. The maximum absolute atomic E-state index is 16.4. The predicted octanol–water partition coefficient (Wildman–Crippen LogP) is 6.75. The Morgan fingerprint density at radius 2 is 1.80 bits per heavy atom. The maximum Gasteiger partial charge on any atom is 0.255 e. The molecular weight excluding hydrogens is 590 g/mol. The van der Waals surface area contributed by atoms with E-state index >= 15 is 4.39 Å². The van der Waals surface area contributed by atoms with E-state index in [4.69, 9.17) is 19.9 Å². The van der Waals surface area contributed by atoms with E-state index in [-0.39, 0.29) is 39.8 Å². The van der Waals surface area contributed by atoms with Gasteiger partial charge in [-0.1, -0.05) is 18.2 Å². The van der Waals surface area contributed by atoms with E-state index in [1.165, 1.54) is 19.2 Å². The normalized spacial score (nSPS) is 13.6. The van der Waals surface area contributed by atoms with Crippen molar-refractivity contribution in [3.8, 4) is 16.9 Å². The third-order valence-corrected chi connectivity index (χ3v) is 8.56. The van der Waals surface area contributed by atoms with Gasteiger partial charge in [0.1, 0.15) is 28.7 Å². The molecule has 1 fully saturated rings. The number of amides is 2. The van der Waals surface area contributed by atoms with Gasteiger partial charge in [-0.05, 0) is 85.0 Å². The number of aryl methyl sites for hydroxylation is 1. The molecule has 46 heavy (non-hydrogen) atoms. The number of nitrogens with one attached hydrogen (secondary N) is 1. The molecule has 3 heterocycles. The van der Waals surface area contributed by atoms with Gasteiger partial charge in [0, 0.05) is 23.6 Å². The third-order valence-electron chi connectivity index (χ3n) is 8.56. The van der Waals surface area contributed by atoms with Crippen LogP contribution in [0.25, 0.3) is 33.0 Å². The number of fused-ring (bicyclic) bond motifs is 2. The Hall–Kier alpha value is -5.64. The van der Waals surface area contributed by atoms with Crippen molar-refractivity contribution in [2.45, 2.75) is 31.7 Å². The van der Waals surface area contributed by atoms with E-state index in [1.54, 1.807) is 55.7 Å². The Morgan fingerprint density at radius 1 is 1.02 bits per heavy atom. The second kappa shape index (κ2) is 11.1. The highest BCUT2D eigenvalue weighted by Gasteiger charge is 2.47. The molecule has 230 valence electrons. The first-order chi connectivity index (χ1) is 22.2. The molecule has 2 amide bonds. The highest BCUT2D eigenvalue weighted by atomic mass is 19.1. The van der Waals surface area contributed by atoms with Crippen LogP contribution in [-0.4, -0.2) is 28.9 Å². The molecule has 0 bridgehead atoms. The number of ether oxygens (including phenoxy) is 1. The summed E-state index contributed by atoms with van der Waals surface area (Å²) in [4.78, 5) is 35.4. The molecule has 1 aliphatic rings. The fraction of sp³-hybridized carbons (Fsp3) is 0.167. The zero-order valence-electron chi connectivity index (χ0n) is 25.0. The van der Waals surface area contributed by atoms with E-state index in [1.807, 2.05) is 18.2 Å². The average molecular weight is 619 g/mol. The maximum atomic E-state index is 16.4. The lowest BCUT2D eigenvalue weighted by molar-refractivity contribution is 0.0925. The van der Waals surface area contributed by atoms with Gasteiger partial charge < -0.3 is 20.2 Å². The third kappa shape index (κ3) is 5.01. The number of nitrogens with two attached hydrogens (primary N) is 1. The lowest BCUT2D eigenvalue weighted by Gasteiger charge is -2.20. The minimum atomic E-state index is -0.855. The van der Waals surface area contributed by atoms with E-state index in [0.717, 1.165) is 16.6 Å². The van der Waals surface area contributed by atoms with E-state index < -0.39 is 29.0 Å². The summed E-state index contributed by atoms with van der Waals surface area (Å²) >= 11 is 0. The number of hydrogen-bond donors (Lipinski definition) is 2. The largest absolute Gasteiger partial charge is 0.496 e. The first kappa shape index (κ1) is 29.1. The monoisotopic (exact) mass is 618 g/mol. The average Bonchev–Trinajstić information content (AvgIpc) is 3.73. The lowest BCUT2D eigenvalue weighted by Crippen LogP contribution is -2.35. The highest BCUT2D eigenvalue weighted by Crippen LogP contribution is 2.46. The summed E-state index contributed by atoms with van der Waals surface area (Å²) in [6.07, 6.45) is 4.92. The van der Waals surface area contributed by atoms with Crippen molar-refractivity contribution in [1.29, 1.82) is 0 Å². The zero-order chi connectivity index (χ0) is 32.2. The number of hydrogen-bond acceptors (Lipinski definition) is 6. The summed E-state index contributed by atoms with van der Waals surface area (Å²) in [6, 6.07) is 17.8. The Kier molecular flexibility index (Phi) is 7.00. The van der Waals surface area contributed by atoms with Gasteiger partial charge in [0.05, 0.1) is 46.6 Å². The number of methoxy groups -OCH3 is 1. The molecule has 3 aromatic heterocycles. The SMILES string of the molecule is COc1cc(C)c(-c2ccc3oc(Cc4ccc(F)cc4)c(C(N)=O)c3c2F)cc1C(=O)NC1(c2ccc3ccncc3n2)CC1. The molecule has 3 N–H and O–H groups in total. The molecule has 3 aromatic carbocycles. The van der Waals surface area contributed by atoms with Crippen LogP contribution in [0.4, 0.5) is 8.78 Å². The molecule has 8 nitrogen and oxygen atoms in total. The van der Waals surface area contributed by atoms with Crippen molar-refractivity contribution in [3.05, 3.63) is 124 Å². The van der Waals surface area contributed by atoms with Gasteiger partial charge in [-0.25, -0.2) is 13.8 Å². The summed E-state index contributed by atoms with van der Waals surface area (Å²) < 4.78 is 41.4. The van der Waals surface area contributed by atoms with Crippen molar-refractivity contribution in [2.75, 3.05) is 7.11 Å². The first-order valence-electron chi connectivity index (χ1n) is 14.7. The number of benzene rings is 3. The molecule has 0 radical (unpaired) electrons. The molecule has 1 aliphatic carbocycles. The highest BCUT2D eigenvalue weighted by molar-refractivity contribution is 6.08. The number of nitrogens with zero attached hydrogens (tertiary/aromatic N) is 2. The number of halogens is 2. The minimum absolute atomic E-state index is 0.0582. The summed E-state index contributed by atoms with van der Waals surface area (Å²) in [6.45, 7) is 1.78. The van der Waals surface area contributed by atoms with Gasteiger partial charge in [0.15, 0.2) is 0 Å². The quantitative estimate of drug-likeness (QED) is 0.195. The molecule has 7 rings (SSSR count). The number of carbonyl (C=O) groups excluding carboxylic acids is 2. The van der Waals surface area contributed by atoms with Crippen molar-refractivity contribution >= 4 is 33.7 Å². The van der Waals surface area contributed by atoms with Crippen LogP contribution in [0.3, 0.4) is 0 Å². The van der Waals surface area contributed by atoms with Gasteiger partial charge in [-0.15, -0.1) is 0 Å². The Morgan fingerprint density at radius 3 is 2.52 bits per heavy atom. The van der Waals surface area contributed by atoms with Crippen LogP contribution in [0.2, 0.25) is 0 Å². The van der Waals surface area contributed by atoms with Gasteiger partial charge in [0.2, 0.25) is 0 Å². The van der Waals surface area contributed by atoms with E-state index in [0.29, 0.717) is 35.3 Å². The van der Waals surface area contributed by atoms with Crippen molar-refractivity contribution in [1.82, 2.24) is 15.3 Å². The standard InChI is InChI=1S/C36H28F2N4O4/c1-19-15-28(45-2)25(35(44)42-36(12-13-36)30-10-5-21-11-14-40-18-26(21)41-30)17-24(19)23-8-9-27-31(33(23)38)32(34(39)43)29(46-27)16-20-3-6-22(37)7-4-20/h3-11,14-15,17-18H,12-13,16H2,1-2H3,(H2,39,43)(H,42,44). The van der Waals surface area contributed by atoms with Crippen LogP contribution in [0.5, 0.6) is 5.75 Å². The number of pyridine rings is 2. The first-order valence-corrected chi connectivity index (χ1v) is 14.7. The van der Waals surface area contributed by atoms with E-state index in [9.17, 15) is 14.0 Å². The second-order valence-corrected chi connectivity index (χ2v) is 11.5. The molecule has 6 aromatic rings. The van der Waals surface area contributed by atoms with Gasteiger partial charge in [-0.3, -0.25) is 14.6 Å². The molecule has 10 heteroatoms. The molecular formula is C36H28F2N4O4. The number of rotatable bonds is 8. The van der Waals surface area contributed by atoms with Gasteiger partial charge in [-0.2, -0.15) is 0 Å². The van der Waals surface area contributed by atoms with Crippen LogP contribution >= 0.6 is 0 Å². The van der Waals surface area contributed by atoms with Crippen molar-refractivity contribution < 1.29 is 27.5 Å². The van der Waals surface area contributed by atoms with Crippen molar-refractivity contribution in [3.63, 3.8) is 0 Å². The molecule has 0 atom stereocenters. The van der Waals surface area contributed by atoms with Gasteiger partial charge in [0.25, 0.3) is 11.8 Å². The van der Waals surface area contributed by atoms with Crippen LogP contribution in [-0.2, 0) is 12.0 Å². The minimum Gasteiger partial charge on any atom is -0.496 e.